The Balaban J connectivity index is 0.000000845. The van der Waals surface area contributed by atoms with Crippen LogP contribution in [0.3, 0.4) is 0 Å². The lowest BCUT2D eigenvalue weighted by Crippen LogP contribution is -2.10. The van der Waals surface area contributed by atoms with Crippen LogP contribution in [0.5, 0.6) is 0 Å². The number of benzene rings is 1. The Labute approximate surface area is 77.4 Å². The van der Waals surface area contributed by atoms with Crippen molar-refractivity contribution in [2.24, 2.45) is 0 Å². The highest BCUT2D eigenvalue weighted by Crippen LogP contribution is 2.15. The summed E-state index contributed by atoms with van der Waals surface area (Å²) in [6, 6.07) is 7.18. The van der Waals surface area contributed by atoms with Crippen molar-refractivity contribution in [2.45, 2.75) is 7.43 Å². The van der Waals surface area contributed by atoms with Crippen molar-refractivity contribution in [2.75, 3.05) is 0 Å². The second kappa shape index (κ2) is 3.35. The van der Waals surface area contributed by atoms with Gasteiger partial charge in [0.05, 0.1) is 5.71 Å². The average molecular weight is 173 g/mol. The van der Waals surface area contributed by atoms with E-state index in [4.69, 9.17) is 5.41 Å². The number of hydrogen-bond acceptors (Lipinski definition) is 2. The van der Waals surface area contributed by atoms with Gasteiger partial charge >= 0.3 is 0 Å². The van der Waals surface area contributed by atoms with E-state index in [0.717, 1.165) is 5.56 Å². The van der Waals surface area contributed by atoms with Gasteiger partial charge in [-0.2, -0.15) is 0 Å². The van der Waals surface area contributed by atoms with Crippen LogP contribution in [-0.2, 0) is 0 Å². The van der Waals surface area contributed by atoms with Crippen LogP contribution in [-0.4, -0.2) is 11.5 Å². The smallest absolute Gasteiger partial charge is 0.186 e. The molecular formula is C11H11NO. The molecule has 0 spiro atoms. The normalized spacial score (nSPS) is 13.5. The molecule has 0 atom stereocenters. The van der Waals surface area contributed by atoms with Gasteiger partial charge in [-0.3, -0.25) is 4.79 Å². The molecule has 2 nitrogen and oxygen atoms in total. The lowest BCUT2D eigenvalue weighted by Gasteiger charge is -2.08. The molecule has 0 bridgehead atoms. The van der Waals surface area contributed by atoms with Crippen molar-refractivity contribution in [1.82, 2.24) is 0 Å². The Morgan fingerprint density at radius 3 is 2.23 bits per heavy atom. The fourth-order valence-corrected chi connectivity index (χ4v) is 1.27. The molecule has 66 valence electrons. The molecule has 0 saturated heterocycles. The van der Waals surface area contributed by atoms with Crippen LogP contribution in [0.4, 0.5) is 0 Å². The summed E-state index contributed by atoms with van der Waals surface area (Å²) in [6.07, 6.45) is 2.97. The minimum atomic E-state index is -0.0124. The number of rotatable bonds is 0. The van der Waals surface area contributed by atoms with Crippen LogP contribution in [0, 0.1) is 5.41 Å². The number of hydrogen-bond donors (Lipinski definition) is 1. The van der Waals surface area contributed by atoms with E-state index in [1.165, 1.54) is 12.2 Å². The maximum absolute atomic E-state index is 11.2. The molecule has 1 aliphatic carbocycles. The number of carbonyl (C=O) groups is 1. The van der Waals surface area contributed by atoms with E-state index < -0.39 is 0 Å². The molecule has 0 fully saturated rings. The van der Waals surface area contributed by atoms with E-state index in [1.807, 2.05) is 12.1 Å². The Morgan fingerprint density at radius 1 is 1.00 bits per heavy atom. The van der Waals surface area contributed by atoms with E-state index in [9.17, 15) is 4.79 Å². The van der Waals surface area contributed by atoms with Crippen molar-refractivity contribution >= 4 is 11.5 Å². The molecule has 2 rings (SSSR count). The SMILES string of the molecule is C.N=C1C=CC(=O)c2ccccc21. The van der Waals surface area contributed by atoms with Crippen LogP contribution < -0.4 is 0 Å². The summed E-state index contributed by atoms with van der Waals surface area (Å²) in [7, 11) is 0. The highest BCUT2D eigenvalue weighted by atomic mass is 16.1. The molecule has 0 saturated carbocycles. The number of carbonyl (C=O) groups excluding carboxylic acids is 1. The predicted octanol–water partition coefficient (Wildman–Crippen LogP) is 2.44. The fourth-order valence-electron chi connectivity index (χ4n) is 1.27. The molecule has 1 aliphatic rings. The Morgan fingerprint density at radius 2 is 1.62 bits per heavy atom. The van der Waals surface area contributed by atoms with E-state index in [1.54, 1.807) is 12.1 Å². The summed E-state index contributed by atoms with van der Waals surface area (Å²) in [5, 5.41) is 7.52. The van der Waals surface area contributed by atoms with Gasteiger partial charge in [-0.05, 0) is 12.2 Å². The molecule has 0 heterocycles. The van der Waals surface area contributed by atoms with Gasteiger partial charge in [0.2, 0.25) is 0 Å². The second-order valence-electron chi connectivity index (χ2n) is 2.66. The number of fused-ring (bicyclic) bond motifs is 1. The minimum absolute atomic E-state index is 0. The van der Waals surface area contributed by atoms with Crippen molar-refractivity contribution in [3.05, 3.63) is 47.5 Å². The van der Waals surface area contributed by atoms with Gasteiger partial charge in [-0.25, -0.2) is 0 Å². The van der Waals surface area contributed by atoms with Crippen molar-refractivity contribution in [3.63, 3.8) is 0 Å². The zero-order chi connectivity index (χ0) is 8.55. The number of nitrogens with one attached hydrogen (secondary N) is 1. The van der Waals surface area contributed by atoms with Crippen LogP contribution >= 0.6 is 0 Å². The summed E-state index contributed by atoms with van der Waals surface area (Å²) in [5.41, 5.74) is 1.76. The Hall–Kier alpha value is -1.70. The summed E-state index contributed by atoms with van der Waals surface area (Å²) in [4.78, 5) is 11.2. The zero-order valence-corrected chi connectivity index (χ0v) is 6.37. The first-order chi connectivity index (χ1) is 5.79. The monoisotopic (exact) mass is 173 g/mol. The van der Waals surface area contributed by atoms with Crippen LogP contribution in [0.1, 0.15) is 23.3 Å². The molecule has 0 radical (unpaired) electrons. The molecule has 2 heteroatoms. The first kappa shape index (κ1) is 9.39. The summed E-state index contributed by atoms with van der Waals surface area (Å²) >= 11 is 0. The summed E-state index contributed by atoms with van der Waals surface area (Å²) in [5.74, 6) is -0.0124. The van der Waals surface area contributed by atoms with E-state index in [0.29, 0.717) is 11.3 Å². The predicted molar refractivity (Wildman–Crippen MR) is 53.5 cm³/mol. The van der Waals surface area contributed by atoms with Crippen molar-refractivity contribution in [1.29, 1.82) is 5.41 Å². The molecule has 1 aromatic rings. The third-order valence-electron chi connectivity index (χ3n) is 1.88. The topological polar surface area (TPSA) is 40.9 Å². The van der Waals surface area contributed by atoms with Gasteiger partial charge in [-0.15, -0.1) is 0 Å². The van der Waals surface area contributed by atoms with E-state index >= 15 is 0 Å². The Kier molecular flexibility index (Phi) is 2.42. The first-order valence-electron chi connectivity index (χ1n) is 3.69. The number of ketones is 1. The molecule has 1 N–H and O–H groups in total. The van der Waals surface area contributed by atoms with Gasteiger partial charge in [0.25, 0.3) is 0 Å². The highest BCUT2D eigenvalue weighted by molar-refractivity contribution is 6.22. The van der Waals surface area contributed by atoms with Crippen molar-refractivity contribution in [3.8, 4) is 0 Å². The lowest BCUT2D eigenvalue weighted by molar-refractivity contribution is 0.104. The molecule has 13 heavy (non-hydrogen) atoms. The molecule has 1 aromatic carbocycles. The molecule has 0 unspecified atom stereocenters. The Bertz CT molecular complexity index is 354. The largest absolute Gasteiger partial charge is 0.300 e. The zero-order valence-electron chi connectivity index (χ0n) is 6.37. The first-order valence-corrected chi connectivity index (χ1v) is 3.69. The molecule has 0 aromatic heterocycles. The van der Waals surface area contributed by atoms with E-state index in [-0.39, 0.29) is 13.2 Å². The van der Waals surface area contributed by atoms with Crippen LogP contribution in [0.25, 0.3) is 0 Å². The van der Waals surface area contributed by atoms with Gasteiger partial charge in [0.1, 0.15) is 0 Å². The average Bonchev–Trinajstić information content (AvgIpc) is 2.12. The van der Waals surface area contributed by atoms with Gasteiger partial charge in [-0.1, -0.05) is 31.7 Å². The quantitative estimate of drug-likeness (QED) is 0.643. The minimum Gasteiger partial charge on any atom is -0.300 e. The molecule has 0 amide bonds. The van der Waals surface area contributed by atoms with Crippen LogP contribution in [0.2, 0.25) is 0 Å². The fraction of sp³-hybridized carbons (Fsp3) is 0.0909. The maximum atomic E-state index is 11.2. The highest BCUT2D eigenvalue weighted by Gasteiger charge is 2.14. The summed E-state index contributed by atoms with van der Waals surface area (Å²) < 4.78 is 0. The third-order valence-corrected chi connectivity index (χ3v) is 1.88. The summed E-state index contributed by atoms with van der Waals surface area (Å²) in [6.45, 7) is 0. The number of allylic oxidation sites excluding steroid dienone is 2. The van der Waals surface area contributed by atoms with Gasteiger partial charge in [0, 0.05) is 11.1 Å². The van der Waals surface area contributed by atoms with Crippen LogP contribution in [0.15, 0.2) is 36.4 Å². The van der Waals surface area contributed by atoms with Gasteiger partial charge in [0.15, 0.2) is 5.78 Å². The van der Waals surface area contributed by atoms with Crippen molar-refractivity contribution < 1.29 is 4.79 Å². The second-order valence-corrected chi connectivity index (χ2v) is 2.66. The standard InChI is InChI=1S/C10H7NO.CH4/c11-9-5-6-10(12)8-4-2-1-3-7(8)9;/h1-6,11H;1H4. The molecular weight excluding hydrogens is 162 g/mol. The van der Waals surface area contributed by atoms with Gasteiger partial charge < -0.3 is 5.41 Å². The lowest BCUT2D eigenvalue weighted by atomic mass is 9.95. The maximum Gasteiger partial charge on any atom is 0.186 e. The molecule has 0 aliphatic heterocycles. The van der Waals surface area contributed by atoms with E-state index in [2.05, 4.69) is 0 Å². The third kappa shape index (κ3) is 1.43.